The van der Waals surface area contributed by atoms with Gasteiger partial charge in [0, 0.05) is 44.1 Å². The normalized spacial score (nSPS) is 19.2. The van der Waals surface area contributed by atoms with E-state index in [1.54, 1.807) is 0 Å². The molecule has 1 aromatic carbocycles. The molecule has 3 rings (SSSR count). The fourth-order valence-corrected chi connectivity index (χ4v) is 3.68. The van der Waals surface area contributed by atoms with Gasteiger partial charge in [0.1, 0.15) is 10.7 Å². The van der Waals surface area contributed by atoms with Gasteiger partial charge in [0.05, 0.1) is 0 Å². The van der Waals surface area contributed by atoms with Gasteiger partial charge < -0.3 is 10.6 Å². The predicted molar refractivity (Wildman–Crippen MR) is 96.8 cm³/mol. The molecular weight excluding hydrogens is 320 g/mol. The van der Waals surface area contributed by atoms with Gasteiger partial charge in [0.15, 0.2) is 0 Å². The Labute approximate surface area is 147 Å². The van der Waals surface area contributed by atoms with Crippen LogP contribution in [0.4, 0.5) is 0 Å². The van der Waals surface area contributed by atoms with Crippen LogP contribution in [0.3, 0.4) is 0 Å². The summed E-state index contributed by atoms with van der Waals surface area (Å²) in [5, 5.41) is 2.63. The van der Waals surface area contributed by atoms with Gasteiger partial charge >= 0.3 is 0 Å². The van der Waals surface area contributed by atoms with Crippen LogP contribution in [-0.4, -0.2) is 46.4 Å². The van der Waals surface area contributed by atoms with Crippen molar-refractivity contribution in [1.29, 1.82) is 0 Å². The molecule has 2 heterocycles. The molecule has 5 nitrogen and oxygen atoms in total. The average molecular weight is 344 g/mol. The monoisotopic (exact) mass is 344 g/mol. The highest BCUT2D eigenvalue weighted by atomic mass is 32.1. The largest absolute Gasteiger partial charge is 0.336 e. The highest BCUT2D eigenvalue weighted by Gasteiger charge is 2.25. The molecule has 0 aliphatic carbocycles. The lowest BCUT2D eigenvalue weighted by molar-refractivity contribution is 0.0756. The summed E-state index contributed by atoms with van der Waals surface area (Å²) in [6.45, 7) is 5.96. The van der Waals surface area contributed by atoms with E-state index in [0.717, 1.165) is 37.6 Å². The van der Waals surface area contributed by atoms with Crippen molar-refractivity contribution in [2.24, 2.45) is 5.73 Å². The molecule has 0 spiro atoms. The lowest BCUT2D eigenvalue weighted by Gasteiger charge is -2.26. The molecule has 0 radical (unpaired) electrons. The van der Waals surface area contributed by atoms with E-state index in [1.807, 2.05) is 16.3 Å². The first-order chi connectivity index (χ1) is 11.7. The summed E-state index contributed by atoms with van der Waals surface area (Å²) in [6.07, 6.45) is 0.979. The van der Waals surface area contributed by atoms with Crippen LogP contribution in [0, 0.1) is 0 Å². The highest BCUT2D eigenvalue weighted by molar-refractivity contribution is 7.09. The van der Waals surface area contributed by atoms with Gasteiger partial charge in [-0.15, -0.1) is 11.3 Å². The van der Waals surface area contributed by atoms with E-state index in [4.69, 9.17) is 5.73 Å². The fraction of sp³-hybridized carbons (Fsp3) is 0.444. The number of hydrogen-bond donors (Lipinski definition) is 1. The minimum absolute atomic E-state index is 0.0275. The zero-order valence-corrected chi connectivity index (χ0v) is 14.8. The molecule has 1 saturated heterocycles. The topological polar surface area (TPSA) is 62.5 Å². The molecule has 2 N–H and O–H groups in total. The number of nitrogens with two attached hydrogens (primary N) is 1. The van der Waals surface area contributed by atoms with Gasteiger partial charge in [-0.3, -0.25) is 9.69 Å². The third kappa shape index (κ3) is 4.01. The van der Waals surface area contributed by atoms with E-state index in [1.165, 1.54) is 16.9 Å². The Morgan fingerprint density at radius 1 is 1.29 bits per heavy atom. The minimum Gasteiger partial charge on any atom is -0.336 e. The number of benzene rings is 1. The summed E-state index contributed by atoms with van der Waals surface area (Å²) < 4.78 is 0. The number of nitrogens with zero attached hydrogens (tertiary/aromatic N) is 3. The van der Waals surface area contributed by atoms with E-state index in [9.17, 15) is 4.79 Å². The molecule has 0 saturated carbocycles. The predicted octanol–water partition coefficient (Wildman–Crippen LogP) is 2.34. The summed E-state index contributed by atoms with van der Waals surface area (Å²) in [4.78, 5) is 21.4. The third-order valence-electron chi connectivity index (χ3n) is 4.56. The molecule has 0 bridgehead atoms. The Morgan fingerprint density at radius 2 is 2.08 bits per heavy atom. The number of carbonyl (C=O) groups excluding carboxylic acids is 1. The smallest absolute Gasteiger partial charge is 0.273 e. The van der Waals surface area contributed by atoms with Crippen molar-refractivity contribution < 1.29 is 4.79 Å². The first kappa shape index (κ1) is 17.1. The van der Waals surface area contributed by atoms with E-state index in [2.05, 4.69) is 41.1 Å². The third-order valence-corrected chi connectivity index (χ3v) is 5.43. The molecule has 1 fully saturated rings. The quantitative estimate of drug-likeness (QED) is 0.925. The second-order valence-corrected chi connectivity index (χ2v) is 7.16. The van der Waals surface area contributed by atoms with E-state index in [-0.39, 0.29) is 5.91 Å². The number of rotatable bonds is 4. The molecule has 128 valence electrons. The Morgan fingerprint density at radius 3 is 2.79 bits per heavy atom. The number of amides is 1. The fourth-order valence-electron chi connectivity index (χ4n) is 3.03. The lowest BCUT2D eigenvalue weighted by Crippen LogP contribution is -2.36. The molecule has 6 heteroatoms. The van der Waals surface area contributed by atoms with Crippen molar-refractivity contribution in [2.75, 3.05) is 19.6 Å². The van der Waals surface area contributed by atoms with Crippen molar-refractivity contribution in [2.45, 2.75) is 32.5 Å². The van der Waals surface area contributed by atoms with Crippen LogP contribution in [0.1, 0.15) is 34.4 Å². The van der Waals surface area contributed by atoms with E-state index in [0.29, 0.717) is 18.3 Å². The van der Waals surface area contributed by atoms with Crippen LogP contribution in [-0.2, 0) is 13.1 Å². The van der Waals surface area contributed by atoms with Gasteiger partial charge in [-0.1, -0.05) is 30.3 Å². The van der Waals surface area contributed by atoms with Crippen LogP contribution >= 0.6 is 11.3 Å². The van der Waals surface area contributed by atoms with Gasteiger partial charge in [-0.2, -0.15) is 0 Å². The second-order valence-electron chi connectivity index (χ2n) is 6.22. The molecule has 1 aliphatic rings. The summed E-state index contributed by atoms with van der Waals surface area (Å²) in [7, 11) is 0. The lowest BCUT2D eigenvalue weighted by atomic mass is 10.1. The van der Waals surface area contributed by atoms with Crippen LogP contribution < -0.4 is 5.73 Å². The summed E-state index contributed by atoms with van der Waals surface area (Å²) in [5.74, 6) is 0.0275. The maximum Gasteiger partial charge on any atom is 0.273 e. The Kier molecular flexibility index (Phi) is 5.60. The maximum atomic E-state index is 12.7. The first-order valence-electron chi connectivity index (χ1n) is 8.39. The van der Waals surface area contributed by atoms with Crippen molar-refractivity contribution >= 4 is 17.2 Å². The molecule has 2 aromatic rings. The van der Waals surface area contributed by atoms with Gasteiger partial charge in [-0.05, 0) is 18.9 Å². The molecule has 1 amide bonds. The zero-order chi connectivity index (χ0) is 16.9. The SMILES string of the molecule is CC1CCN(C(=O)c2csc(CN)n2)CCN1Cc1ccccc1. The van der Waals surface area contributed by atoms with Crippen LogP contribution in [0.5, 0.6) is 0 Å². The molecule has 1 unspecified atom stereocenters. The van der Waals surface area contributed by atoms with Crippen molar-refractivity contribution in [3.8, 4) is 0 Å². The van der Waals surface area contributed by atoms with Crippen molar-refractivity contribution in [1.82, 2.24) is 14.8 Å². The molecule has 24 heavy (non-hydrogen) atoms. The van der Waals surface area contributed by atoms with Crippen LogP contribution in [0.25, 0.3) is 0 Å². The molecular formula is C18H24N4OS. The highest BCUT2D eigenvalue weighted by Crippen LogP contribution is 2.17. The van der Waals surface area contributed by atoms with E-state index >= 15 is 0 Å². The van der Waals surface area contributed by atoms with Crippen LogP contribution in [0.15, 0.2) is 35.7 Å². The van der Waals surface area contributed by atoms with E-state index < -0.39 is 0 Å². The second kappa shape index (κ2) is 7.88. The average Bonchev–Trinajstić information content (AvgIpc) is 3.02. The number of thiazole rings is 1. The molecule has 1 atom stereocenters. The van der Waals surface area contributed by atoms with Gasteiger partial charge in [0.2, 0.25) is 0 Å². The molecule has 1 aliphatic heterocycles. The summed E-state index contributed by atoms with van der Waals surface area (Å²) >= 11 is 1.46. The number of carbonyl (C=O) groups is 1. The minimum atomic E-state index is 0.0275. The summed E-state index contributed by atoms with van der Waals surface area (Å²) in [6, 6.07) is 11.0. The Bertz CT molecular complexity index is 673. The maximum absolute atomic E-state index is 12.7. The van der Waals surface area contributed by atoms with Crippen molar-refractivity contribution in [3.63, 3.8) is 0 Å². The number of hydrogen-bond acceptors (Lipinski definition) is 5. The van der Waals surface area contributed by atoms with Crippen LogP contribution in [0.2, 0.25) is 0 Å². The first-order valence-corrected chi connectivity index (χ1v) is 9.27. The van der Waals surface area contributed by atoms with Crippen molar-refractivity contribution in [3.05, 3.63) is 52.0 Å². The van der Waals surface area contributed by atoms with Gasteiger partial charge in [0.25, 0.3) is 5.91 Å². The summed E-state index contributed by atoms with van der Waals surface area (Å²) in [5.41, 5.74) is 7.44. The number of aromatic nitrogens is 1. The van der Waals surface area contributed by atoms with Gasteiger partial charge in [-0.25, -0.2) is 4.98 Å². The zero-order valence-electron chi connectivity index (χ0n) is 14.0. The Hall–Kier alpha value is -1.76. The molecule has 1 aromatic heterocycles. The standard InChI is InChI=1S/C18H24N4OS/c1-14-7-8-21(18(23)16-13-24-17(11-19)20-16)9-10-22(14)12-15-5-3-2-4-6-15/h2-6,13-14H,7-12,19H2,1H3. The Balaban J connectivity index is 1.64.